The van der Waals surface area contributed by atoms with Crippen LogP contribution in [0, 0.1) is 0 Å². The summed E-state index contributed by atoms with van der Waals surface area (Å²) in [5, 5.41) is 0. The van der Waals surface area contributed by atoms with Crippen LogP contribution < -0.4 is 5.73 Å². The van der Waals surface area contributed by atoms with Crippen LogP contribution >= 0.6 is 0 Å². The standard InChI is InChI=1S/C17H26N4/c1-12(2)16-19-14-10-13(18)6-7-15(14)21(16)11-17(20(3)4)8-5-9-17/h6-7,10,12H,5,8-9,11,18H2,1-4H3. The van der Waals surface area contributed by atoms with Crippen LogP contribution in [0.1, 0.15) is 44.9 Å². The van der Waals surface area contributed by atoms with Crippen molar-refractivity contribution in [1.82, 2.24) is 14.5 Å². The molecule has 1 aliphatic rings. The van der Waals surface area contributed by atoms with Crippen molar-refractivity contribution < 1.29 is 0 Å². The first-order valence-corrected chi connectivity index (χ1v) is 7.86. The van der Waals surface area contributed by atoms with Gasteiger partial charge >= 0.3 is 0 Å². The zero-order chi connectivity index (χ0) is 15.2. The number of nitrogens with two attached hydrogens (primary N) is 1. The van der Waals surface area contributed by atoms with Gasteiger partial charge in [0.15, 0.2) is 0 Å². The maximum Gasteiger partial charge on any atom is 0.112 e. The van der Waals surface area contributed by atoms with Crippen molar-refractivity contribution in [2.24, 2.45) is 0 Å². The molecule has 1 aromatic heterocycles. The highest BCUT2D eigenvalue weighted by molar-refractivity contribution is 5.79. The Hall–Kier alpha value is -1.55. The Morgan fingerprint density at radius 3 is 2.57 bits per heavy atom. The fourth-order valence-electron chi connectivity index (χ4n) is 3.40. The van der Waals surface area contributed by atoms with E-state index in [1.165, 1.54) is 30.6 Å². The monoisotopic (exact) mass is 286 g/mol. The van der Waals surface area contributed by atoms with Crippen LogP contribution in [0.4, 0.5) is 5.69 Å². The van der Waals surface area contributed by atoms with Gasteiger partial charge in [-0.05, 0) is 51.6 Å². The van der Waals surface area contributed by atoms with E-state index in [4.69, 9.17) is 10.7 Å². The lowest BCUT2D eigenvalue weighted by atomic mass is 9.75. The van der Waals surface area contributed by atoms with Gasteiger partial charge in [0.2, 0.25) is 0 Å². The molecule has 1 fully saturated rings. The molecule has 0 radical (unpaired) electrons. The molecule has 1 heterocycles. The fourth-order valence-corrected chi connectivity index (χ4v) is 3.40. The van der Waals surface area contributed by atoms with Crippen LogP contribution in [-0.2, 0) is 6.54 Å². The van der Waals surface area contributed by atoms with Gasteiger partial charge in [-0.15, -0.1) is 0 Å². The van der Waals surface area contributed by atoms with Gasteiger partial charge in [-0.25, -0.2) is 4.98 Å². The van der Waals surface area contributed by atoms with Gasteiger partial charge in [0.05, 0.1) is 11.0 Å². The first kappa shape index (κ1) is 14.4. The number of anilines is 1. The molecule has 0 saturated heterocycles. The Morgan fingerprint density at radius 1 is 1.33 bits per heavy atom. The normalized spacial score (nSPS) is 17.6. The Balaban J connectivity index is 2.09. The summed E-state index contributed by atoms with van der Waals surface area (Å²) < 4.78 is 2.42. The van der Waals surface area contributed by atoms with Gasteiger partial charge < -0.3 is 15.2 Å². The van der Waals surface area contributed by atoms with E-state index in [-0.39, 0.29) is 0 Å². The molecule has 0 amide bonds. The van der Waals surface area contributed by atoms with Gasteiger partial charge in [-0.1, -0.05) is 13.8 Å². The number of aromatic nitrogens is 2. The molecule has 4 heteroatoms. The largest absolute Gasteiger partial charge is 0.399 e. The van der Waals surface area contributed by atoms with Crippen molar-refractivity contribution >= 4 is 16.7 Å². The van der Waals surface area contributed by atoms with Crippen molar-refractivity contribution in [2.45, 2.75) is 51.1 Å². The van der Waals surface area contributed by atoms with Crippen molar-refractivity contribution in [2.75, 3.05) is 19.8 Å². The lowest BCUT2D eigenvalue weighted by Crippen LogP contribution is -2.53. The van der Waals surface area contributed by atoms with Gasteiger partial charge in [0.1, 0.15) is 5.82 Å². The Bertz CT molecular complexity index is 650. The number of fused-ring (bicyclic) bond motifs is 1. The number of imidazole rings is 1. The summed E-state index contributed by atoms with van der Waals surface area (Å²) in [6, 6.07) is 6.08. The zero-order valence-corrected chi connectivity index (χ0v) is 13.6. The molecular formula is C17H26N4. The Morgan fingerprint density at radius 2 is 2.05 bits per heavy atom. The molecule has 1 aliphatic carbocycles. The van der Waals surface area contributed by atoms with E-state index in [1.54, 1.807) is 0 Å². The number of hydrogen-bond donors (Lipinski definition) is 1. The summed E-state index contributed by atoms with van der Waals surface area (Å²) in [6.07, 6.45) is 3.87. The van der Waals surface area contributed by atoms with Crippen LogP contribution in [-0.4, -0.2) is 34.1 Å². The van der Waals surface area contributed by atoms with E-state index in [1.807, 2.05) is 12.1 Å². The molecule has 1 aromatic carbocycles. The average Bonchev–Trinajstić information content (AvgIpc) is 2.71. The molecule has 3 rings (SSSR count). The smallest absolute Gasteiger partial charge is 0.112 e. The Labute approximate surface area is 126 Å². The highest BCUT2D eigenvalue weighted by Gasteiger charge is 2.40. The van der Waals surface area contributed by atoms with Gasteiger partial charge in [-0.2, -0.15) is 0 Å². The van der Waals surface area contributed by atoms with E-state index >= 15 is 0 Å². The molecule has 4 nitrogen and oxygen atoms in total. The minimum atomic E-state index is 0.290. The number of rotatable bonds is 4. The molecule has 0 unspecified atom stereocenters. The average molecular weight is 286 g/mol. The van der Waals surface area contributed by atoms with Crippen molar-refractivity contribution in [3.63, 3.8) is 0 Å². The molecule has 2 N–H and O–H groups in total. The van der Waals surface area contributed by atoms with E-state index in [0.29, 0.717) is 11.5 Å². The number of benzene rings is 1. The maximum atomic E-state index is 5.91. The van der Waals surface area contributed by atoms with E-state index in [9.17, 15) is 0 Å². The second kappa shape index (κ2) is 5.02. The maximum absolute atomic E-state index is 5.91. The molecule has 0 aliphatic heterocycles. The third-order valence-electron chi connectivity index (χ3n) is 5.00. The minimum absolute atomic E-state index is 0.290. The third-order valence-corrected chi connectivity index (χ3v) is 5.00. The summed E-state index contributed by atoms with van der Waals surface area (Å²) >= 11 is 0. The lowest BCUT2D eigenvalue weighted by Gasteiger charge is -2.48. The number of likely N-dealkylation sites (N-methyl/N-ethyl adjacent to an activating group) is 1. The van der Waals surface area contributed by atoms with Gasteiger partial charge in [0.25, 0.3) is 0 Å². The zero-order valence-electron chi connectivity index (χ0n) is 13.6. The quantitative estimate of drug-likeness (QED) is 0.878. The fraction of sp³-hybridized carbons (Fsp3) is 0.588. The van der Waals surface area contributed by atoms with Crippen molar-refractivity contribution in [3.05, 3.63) is 24.0 Å². The molecule has 1 saturated carbocycles. The number of hydrogen-bond acceptors (Lipinski definition) is 3. The predicted molar refractivity (Wildman–Crippen MR) is 88.5 cm³/mol. The van der Waals surface area contributed by atoms with Crippen LogP contribution in [0.15, 0.2) is 18.2 Å². The minimum Gasteiger partial charge on any atom is -0.399 e. The second-order valence-electron chi connectivity index (χ2n) is 6.93. The number of nitrogens with zero attached hydrogens (tertiary/aromatic N) is 3. The summed E-state index contributed by atoms with van der Waals surface area (Å²) in [4.78, 5) is 7.23. The summed E-state index contributed by atoms with van der Waals surface area (Å²) in [6.45, 7) is 5.45. The SMILES string of the molecule is CC(C)c1nc2cc(N)ccc2n1CC1(N(C)C)CCC1. The molecule has 2 aromatic rings. The summed E-state index contributed by atoms with van der Waals surface area (Å²) in [5.74, 6) is 1.58. The number of nitrogen functional groups attached to an aromatic ring is 1. The topological polar surface area (TPSA) is 47.1 Å². The molecule has 0 bridgehead atoms. The van der Waals surface area contributed by atoms with Crippen molar-refractivity contribution in [1.29, 1.82) is 0 Å². The van der Waals surface area contributed by atoms with Crippen LogP contribution in [0.2, 0.25) is 0 Å². The molecule has 21 heavy (non-hydrogen) atoms. The highest BCUT2D eigenvalue weighted by atomic mass is 15.2. The summed E-state index contributed by atoms with van der Waals surface area (Å²) in [5.41, 5.74) is 9.22. The van der Waals surface area contributed by atoms with Gasteiger partial charge in [0, 0.05) is 23.7 Å². The van der Waals surface area contributed by atoms with Crippen LogP contribution in [0.25, 0.3) is 11.0 Å². The second-order valence-corrected chi connectivity index (χ2v) is 6.93. The first-order valence-electron chi connectivity index (χ1n) is 7.86. The molecule has 0 atom stereocenters. The lowest BCUT2D eigenvalue weighted by molar-refractivity contribution is 0.0425. The molecule has 114 valence electrons. The summed E-state index contributed by atoms with van der Waals surface area (Å²) in [7, 11) is 4.40. The van der Waals surface area contributed by atoms with E-state index in [0.717, 1.165) is 17.7 Å². The molecular weight excluding hydrogens is 260 g/mol. The molecule has 0 spiro atoms. The van der Waals surface area contributed by atoms with Crippen molar-refractivity contribution in [3.8, 4) is 0 Å². The van der Waals surface area contributed by atoms with E-state index in [2.05, 4.69) is 43.5 Å². The first-order chi connectivity index (χ1) is 9.93. The van der Waals surface area contributed by atoms with Gasteiger partial charge in [-0.3, -0.25) is 0 Å². The van der Waals surface area contributed by atoms with Crippen LogP contribution in [0.3, 0.4) is 0 Å². The predicted octanol–water partition coefficient (Wildman–Crippen LogP) is 3.23. The van der Waals surface area contributed by atoms with Crippen LogP contribution in [0.5, 0.6) is 0 Å². The third kappa shape index (κ3) is 2.31. The van der Waals surface area contributed by atoms with E-state index < -0.39 is 0 Å². The highest BCUT2D eigenvalue weighted by Crippen LogP contribution is 2.39. The Kier molecular flexibility index (Phi) is 3.44.